The quantitative estimate of drug-likeness (QED) is 0.719. The highest BCUT2D eigenvalue weighted by atomic mass is 16.2. The molecule has 5 nitrogen and oxygen atoms in total. The normalized spacial score (nSPS) is 13.4. The van der Waals surface area contributed by atoms with Crippen LogP contribution in [0.2, 0.25) is 0 Å². The SMILES string of the molecule is CCC(C)[C@H](N)C(=O)NCC(=O)Nc1ccccc1. The molecule has 0 aliphatic rings. The van der Waals surface area contributed by atoms with Crippen LogP contribution in [0.4, 0.5) is 5.69 Å². The monoisotopic (exact) mass is 263 g/mol. The first-order valence-corrected chi connectivity index (χ1v) is 6.42. The third-order valence-corrected chi connectivity index (χ3v) is 3.04. The molecule has 4 N–H and O–H groups in total. The summed E-state index contributed by atoms with van der Waals surface area (Å²) in [5.74, 6) is -0.467. The molecule has 19 heavy (non-hydrogen) atoms. The summed E-state index contributed by atoms with van der Waals surface area (Å²) in [4.78, 5) is 23.3. The zero-order valence-electron chi connectivity index (χ0n) is 11.3. The lowest BCUT2D eigenvalue weighted by Crippen LogP contribution is -2.46. The minimum atomic E-state index is -0.575. The molecule has 1 aromatic rings. The summed E-state index contributed by atoms with van der Waals surface area (Å²) in [5, 5.41) is 5.23. The van der Waals surface area contributed by atoms with Crippen molar-refractivity contribution in [1.29, 1.82) is 0 Å². The van der Waals surface area contributed by atoms with Crippen LogP contribution in [0.5, 0.6) is 0 Å². The van der Waals surface area contributed by atoms with E-state index in [4.69, 9.17) is 5.73 Å². The number of para-hydroxylation sites is 1. The lowest BCUT2D eigenvalue weighted by Gasteiger charge is -2.17. The van der Waals surface area contributed by atoms with E-state index in [1.807, 2.05) is 32.0 Å². The topological polar surface area (TPSA) is 84.2 Å². The number of benzene rings is 1. The Bertz CT molecular complexity index is 420. The van der Waals surface area contributed by atoms with Gasteiger partial charge in [0.1, 0.15) is 0 Å². The number of hydrogen-bond acceptors (Lipinski definition) is 3. The van der Waals surface area contributed by atoms with E-state index in [-0.39, 0.29) is 24.3 Å². The lowest BCUT2D eigenvalue weighted by molar-refractivity contribution is -0.125. The molecule has 0 bridgehead atoms. The Labute approximate surface area is 113 Å². The average Bonchev–Trinajstić information content (AvgIpc) is 2.44. The second-order valence-corrected chi connectivity index (χ2v) is 4.54. The van der Waals surface area contributed by atoms with Gasteiger partial charge in [0.25, 0.3) is 0 Å². The molecule has 0 spiro atoms. The molecule has 104 valence electrons. The van der Waals surface area contributed by atoms with Crippen molar-refractivity contribution < 1.29 is 9.59 Å². The Kier molecular flexibility index (Phi) is 6.02. The second-order valence-electron chi connectivity index (χ2n) is 4.54. The molecule has 1 aromatic carbocycles. The number of nitrogens with one attached hydrogen (secondary N) is 2. The minimum Gasteiger partial charge on any atom is -0.346 e. The van der Waals surface area contributed by atoms with Crippen LogP contribution in [0.1, 0.15) is 20.3 Å². The number of anilines is 1. The molecule has 0 aromatic heterocycles. The number of carbonyl (C=O) groups excluding carboxylic acids is 2. The highest BCUT2D eigenvalue weighted by Gasteiger charge is 2.19. The smallest absolute Gasteiger partial charge is 0.243 e. The number of carbonyl (C=O) groups is 2. The Morgan fingerprint density at radius 1 is 1.26 bits per heavy atom. The van der Waals surface area contributed by atoms with Gasteiger partial charge in [-0.05, 0) is 18.1 Å². The van der Waals surface area contributed by atoms with Crippen LogP contribution in [-0.4, -0.2) is 24.4 Å². The molecule has 0 aliphatic carbocycles. The maximum absolute atomic E-state index is 11.7. The van der Waals surface area contributed by atoms with Crippen LogP contribution in [0.3, 0.4) is 0 Å². The molecule has 1 rings (SSSR count). The van der Waals surface area contributed by atoms with Gasteiger partial charge in [-0.3, -0.25) is 9.59 Å². The maximum Gasteiger partial charge on any atom is 0.243 e. The van der Waals surface area contributed by atoms with Crippen LogP contribution in [0.25, 0.3) is 0 Å². The first-order chi connectivity index (χ1) is 9.04. The third-order valence-electron chi connectivity index (χ3n) is 3.04. The van der Waals surface area contributed by atoms with E-state index in [1.54, 1.807) is 12.1 Å². The first-order valence-electron chi connectivity index (χ1n) is 6.42. The van der Waals surface area contributed by atoms with Crippen LogP contribution in [0, 0.1) is 5.92 Å². The van der Waals surface area contributed by atoms with Crippen molar-refractivity contribution in [1.82, 2.24) is 5.32 Å². The van der Waals surface area contributed by atoms with Crippen LogP contribution in [0.15, 0.2) is 30.3 Å². The van der Waals surface area contributed by atoms with Gasteiger partial charge in [-0.15, -0.1) is 0 Å². The molecule has 0 saturated heterocycles. The Morgan fingerprint density at radius 2 is 1.89 bits per heavy atom. The van der Waals surface area contributed by atoms with Gasteiger partial charge in [0.2, 0.25) is 11.8 Å². The number of rotatable bonds is 6. The maximum atomic E-state index is 11.7. The van der Waals surface area contributed by atoms with Crippen molar-refractivity contribution >= 4 is 17.5 Å². The zero-order valence-corrected chi connectivity index (χ0v) is 11.3. The zero-order chi connectivity index (χ0) is 14.3. The van der Waals surface area contributed by atoms with Crippen LogP contribution < -0.4 is 16.4 Å². The molecular weight excluding hydrogens is 242 g/mol. The fraction of sp³-hybridized carbons (Fsp3) is 0.429. The summed E-state index contributed by atoms with van der Waals surface area (Å²) in [6.07, 6.45) is 0.824. The summed E-state index contributed by atoms with van der Waals surface area (Å²) in [6, 6.07) is 8.51. The highest BCUT2D eigenvalue weighted by molar-refractivity contribution is 5.95. The molecule has 1 unspecified atom stereocenters. The fourth-order valence-electron chi connectivity index (χ4n) is 1.52. The van der Waals surface area contributed by atoms with E-state index in [1.165, 1.54) is 0 Å². The lowest BCUT2D eigenvalue weighted by atomic mass is 9.99. The van der Waals surface area contributed by atoms with Gasteiger partial charge in [0.15, 0.2) is 0 Å². The van der Waals surface area contributed by atoms with Crippen LogP contribution >= 0.6 is 0 Å². The standard InChI is InChI=1S/C14H21N3O2/c1-3-10(2)13(15)14(19)16-9-12(18)17-11-7-5-4-6-8-11/h4-8,10,13H,3,9,15H2,1-2H3,(H,16,19)(H,17,18)/t10?,13-/m0/s1. The van der Waals surface area contributed by atoms with Crippen molar-refractivity contribution in [2.45, 2.75) is 26.3 Å². The van der Waals surface area contributed by atoms with E-state index in [0.717, 1.165) is 6.42 Å². The molecule has 0 radical (unpaired) electrons. The summed E-state index contributed by atoms with van der Waals surface area (Å²) in [6.45, 7) is 3.81. The van der Waals surface area contributed by atoms with Gasteiger partial charge in [-0.25, -0.2) is 0 Å². The van der Waals surface area contributed by atoms with Gasteiger partial charge in [0, 0.05) is 5.69 Å². The third kappa shape index (κ3) is 5.09. The van der Waals surface area contributed by atoms with Crippen molar-refractivity contribution in [2.75, 3.05) is 11.9 Å². The van der Waals surface area contributed by atoms with Gasteiger partial charge < -0.3 is 16.4 Å². The predicted octanol–water partition coefficient (Wildman–Crippen LogP) is 1.11. The molecule has 0 aliphatic heterocycles. The minimum absolute atomic E-state index is 0.0716. The van der Waals surface area contributed by atoms with E-state index >= 15 is 0 Å². The highest BCUT2D eigenvalue weighted by Crippen LogP contribution is 2.05. The molecule has 2 amide bonds. The van der Waals surface area contributed by atoms with Gasteiger partial charge in [-0.1, -0.05) is 38.5 Å². The summed E-state index contributed by atoms with van der Waals surface area (Å²) in [7, 11) is 0. The van der Waals surface area contributed by atoms with Crippen molar-refractivity contribution in [2.24, 2.45) is 11.7 Å². The Hall–Kier alpha value is -1.88. The number of amides is 2. The van der Waals surface area contributed by atoms with Crippen molar-refractivity contribution in [3.8, 4) is 0 Å². The van der Waals surface area contributed by atoms with E-state index in [0.29, 0.717) is 5.69 Å². The van der Waals surface area contributed by atoms with Gasteiger partial charge in [-0.2, -0.15) is 0 Å². The van der Waals surface area contributed by atoms with Crippen molar-refractivity contribution in [3.05, 3.63) is 30.3 Å². The number of nitrogens with two attached hydrogens (primary N) is 1. The summed E-state index contributed by atoms with van der Waals surface area (Å²) < 4.78 is 0. The number of hydrogen-bond donors (Lipinski definition) is 3. The molecular formula is C14H21N3O2. The Morgan fingerprint density at radius 3 is 2.47 bits per heavy atom. The second kappa shape index (κ2) is 7.53. The van der Waals surface area contributed by atoms with Gasteiger partial charge in [0.05, 0.1) is 12.6 Å². The van der Waals surface area contributed by atoms with E-state index in [2.05, 4.69) is 10.6 Å². The summed E-state index contributed by atoms with van der Waals surface area (Å²) >= 11 is 0. The molecule has 0 saturated carbocycles. The fourth-order valence-corrected chi connectivity index (χ4v) is 1.52. The molecule has 5 heteroatoms. The van der Waals surface area contributed by atoms with Crippen LogP contribution in [-0.2, 0) is 9.59 Å². The average molecular weight is 263 g/mol. The molecule has 0 fully saturated rings. The first kappa shape index (κ1) is 15.2. The largest absolute Gasteiger partial charge is 0.346 e. The van der Waals surface area contributed by atoms with E-state index in [9.17, 15) is 9.59 Å². The van der Waals surface area contributed by atoms with E-state index < -0.39 is 6.04 Å². The van der Waals surface area contributed by atoms with Crippen molar-refractivity contribution in [3.63, 3.8) is 0 Å². The van der Waals surface area contributed by atoms with Gasteiger partial charge >= 0.3 is 0 Å². The Balaban J connectivity index is 2.36. The summed E-state index contributed by atoms with van der Waals surface area (Å²) in [5.41, 5.74) is 6.47. The molecule has 0 heterocycles. The molecule has 2 atom stereocenters. The predicted molar refractivity (Wildman–Crippen MR) is 75.5 cm³/mol.